The molecule has 1 aliphatic heterocycles. The molecule has 1 aliphatic rings. The average molecular weight is 230 g/mol. The number of fused-ring (bicyclic) bond motifs is 1. The fraction of sp³-hybridized carbons (Fsp3) is 0.400. The lowest BCUT2D eigenvalue weighted by Crippen LogP contribution is -2.15. The van der Waals surface area contributed by atoms with Crippen LogP contribution in [0.5, 0.6) is 5.75 Å². The standard InChI is InChI=1S/C10H12ClNO3/c11-8-1-6-4-14-5-15-10(6)2-7(8)9(13)3-12/h1-2,9,13H,3-5,12H2. The Labute approximate surface area is 92.5 Å². The summed E-state index contributed by atoms with van der Waals surface area (Å²) < 4.78 is 10.4. The Bertz CT molecular complexity index is 370. The molecule has 2 rings (SSSR count). The molecule has 0 spiro atoms. The number of hydrogen-bond acceptors (Lipinski definition) is 4. The first-order chi connectivity index (χ1) is 7.22. The van der Waals surface area contributed by atoms with Crippen molar-refractivity contribution in [2.75, 3.05) is 13.3 Å². The summed E-state index contributed by atoms with van der Waals surface area (Å²) in [5, 5.41) is 10.1. The van der Waals surface area contributed by atoms with E-state index in [1.165, 1.54) is 0 Å². The Hall–Kier alpha value is -0.810. The number of halogens is 1. The quantitative estimate of drug-likeness (QED) is 0.800. The Kier molecular flexibility index (Phi) is 3.11. The molecular formula is C10H12ClNO3. The maximum Gasteiger partial charge on any atom is 0.189 e. The molecule has 3 N–H and O–H groups in total. The largest absolute Gasteiger partial charge is 0.467 e. The van der Waals surface area contributed by atoms with Gasteiger partial charge in [0.2, 0.25) is 0 Å². The lowest BCUT2D eigenvalue weighted by atomic mass is 10.1. The molecule has 1 unspecified atom stereocenters. The number of rotatable bonds is 2. The van der Waals surface area contributed by atoms with Crippen molar-refractivity contribution in [3.05, 3.63) is 28.3 Å². The summed E-state index contributed by atoms with van der Waals surface area (Å²) in [6.45, 7) is 0.843. The van der Waals surface area contributed by atoms with Gasteiger partial charge in [-0.15, -0.1) is 0 Å². The average Bonchev–Trinajstić information content (AvgIpc) is 2.27. The van der Waals surface area contributed by atoms with Crippen LogP contribution in [0, 0.1) is 0 Å². The summed E-state index contributed by atoms with van der Waals surface area (Å²) in [6, 6.07) is 3.46. The molecular weight excluding hydrogens is 218 g/mol. The second kappa shape index (κ2) is 4.37. The van der Waals surface area contributed by atoms with Crippen LogP contribution in [0.3, 0.4) is 0 Å². The molecule has 1 atom stereocenters. The molecule has 0 aliphatic carbocycles. The zero-order valence-electron chi connectivity index (χ0n) is 8.07. The molecule has 15 heavy (non-hydrogen) atoms. The van der Waals surface area contributed by atoms with Gasteiger partial charge in [-0.2, -0.15) is 0 Å². The third-order valence-corrected chi connectivity index (χ3v) is 2.64. The Morgan fingerprint density at radius 1 is 1.53 bits per heavy atom. The summed E-state index contributed by atoms with van der Waals surface area (Å²) in [5.74, 6) is 0.702. The van der Waals surface area contributed by atoms with Crippen molar-refractivity contribution in [2.24, 2.45) is 5.73 Å². The number of aliphatic hydroxyl groups excluding tert-OH is 1. The zero-order chi connectivity index (χ0) is 10.8. The van der Waals surface area contributed by atoms with Crippen molar-refractivity contribution in [2.45, 2.75) is 12.7 Å². The SMILES string of the molecule is NCC(O)c1cc2c(cc1Cl)COCO2. The van der Waals surface area contributed by atoms with E-state index in [1.54, 1.807) is 12.1 Å². The minimum Gasteiger partial charge on any atom is -0.467 e. The van der Waals surface area contributed by atoms with Gasteiger partial charge in [-0.1, -0.05) is 11.6 Å². The Morgan fingerprint density at radius 2 is 2.33 bits per heavy atom. The molecule has 1 heterocycles. The van der Waals surface area contributed by atoms with E-state index in [0.29, 0.717) is 22.9 Å². The minimum atomic E-state index is -0.755. The molecule has 82 valence electrons. The number of hydrogen-bond donors (Lipinski definition) is 2. The van der Waals surface area contributed by atoms with Crippen LogP contribution < -0.4 is 10.5 Å². The molecule has 1 aromatic rings. The molecule has 0 aromatic heterocycles. The van der Waals surface area contributed by atoms with Crippen LogP contribution in [0.4, 0.5) is 0 Å². The van der Waals surface area contributed by atoms with Gasteiger partial charge in [-0.05, 0) is 12.1 Å². The van der Waals surface area contributed by atoms with Crippen molar-refractivity contribution < 1.29 is 14.6 Å². The van der Waals surface area contributed by atoms with Crippen molar-refractivity contribution >= 4 is 11.6 Å². The molecule has 4 nitrogen and oxygen atoms in total. The topological polar surface area (TPSA) is 64.7 Å². The lowest BCUT2D eigenvalue weighted by molar-refractivity contribution is -0.0165. The van der Waals surface area contributed by atoms with Gasteiger partial charge in [-0.25, -0.2) is 0 Å². The van der Waals surface area contributed by atoms with Gasteiger partial charge in [0, 0.05) is 22.7 Å². The first kappa shape index (κ1) is 10.7. The van der Waals surface area contributed by atoms with Crippen molar-refractivity contribution in [3.63, 3.8) is 0 Å². The van der Waals surface area contributed by atoms with Crippen LogP contribution in [0.15, 0.2) is 12.1 Å². The molecule has 0 saturated carbocycles. The van der Waals surface area contributed by atoms with Crippen molar-refractivity contribution in [3.8, 4) is 5.75 Å². The van der Waals surface area contributed by atoms with E-state index >= 15 is 0 Å². The van der Waals surface area contributed by atoms with E-state index in [0.717, 1.165) is 5.56 Å². The number of ether oxygens (including phenoxy) is 2. The highest BCUT2D eigenvalue weighted by Gasteiger charge is 2.17. The lowest BCUT2D eigenvalue weighted by Gasteiger charge is -2.20. The van der Waals surface area contributed by atoms with E-state index < -0.39 is 6.10 Å². The molecule has 5 heteroatoms. The molecule has 1 aromatic carbocycles. The van der Waals surface area contributed by atoms with Gasteiger partial charge in [-0.3, -0.25) is 0 Å². The van der Waals surface area contributed by atoms with Crippen molar-refractivity contribution in [1.29, 1.82) is 0 Å². The second-order valence-corrected chi connectivity index (χ2v) is 3.75. The molecule has 0 bridgehead atoms. The summed E-state index contributed by atoms with van der Waals surface area (Å²) in [6.07, 6.45) is -0.755. The molecule has 0 amide bonds. The fourth-order valence-electron chi connectivity index (χ4n) is 1.50. The maximum atomic E-state index is 9.62. The second-order valence-electron chi connectivity index (χ2n) is 3.34. The van der Waals surface area contributed by atoms with E-state index in [9.17, 15) is 5.11 Å². The van der Waals surface area contributed by atoms with E-state index in [1.807, 2.05) is 0 Å². The Morgan fingerprint density at radius 3 is 3.07 bits per heavy atom. The predicted octanol–water partition coefficient (Wildman–Crippen LogP) is 1.20. The zero-order valence-corrected chi connectivity index (χ0v) is 8.83. The van der Waals surface area contributed by atoms with Gasteiger partial charge in [0.05, 0.1) is 12.7 Å². The van der Waals surface area contributed by atoms with Crippen LogP contribution in [-0.2, 0) is 11.3 Å². The van der Waals surface area contributed by atoms with Gasteiger partial charge in [0.25, 0.3) is 0 Å². The number of benzene rings is 1. The van der Waals surface area contributed by atoms with Crippen LogP contribution >= 0.6 is 11.6 Å². The van der Waals surface area contributed by atoms with Gasteiger partial charge in [0.1, 0.15) is 5.75 Å². The highest BCUT2D eigenvalue weighted by atomic mass is 35.5. The molecule has 0 radical (unpaired) electrons. The first-order valence-corrected chi connectivity index (χ1v) is 5.01. The van der Waals surface area contributed by atoms with E-state index in [-0.39, 0.29) is 13.3 Å². The summed E-state index contributed by atoms with van der Waals surface area (Å²) in [4.78, 5) is 0. The number of aliphatic hydroxyl groups is 1. The monoisotopic (exact) mass is 229 g/mol. The van der Waals surface area contributed by atoms with E-state index in [2.05, 4.69) is 0 Å². The van der Waals surface area contributed by atoms with Gasteiger partial charge >= 0.3 is 0 Å². The molecule has 0 saturated heterocycles. The smallest absolute Gasteiger partial charge is 0.189 e. The number of nitrogens with two attached hydrogens (primary N) is 1. The summed E-state index contributed by atoms with van der Waals surface area (Å²) in [5.41, 5.74) is 6.86. The highest BCUT2D eigenvalue weighted by Crippen LogP contribution is 2.32. The fourth-order valence-corrected chi connectivity index (χ4v) is 1.81. The van der Waals surface area contributed by atoms with E-state index in [4.69, 9.17) is 26.8 Å². The first-order valence-electron chi connectivity index (χ1n) is 4.63. The summed E-state index contributed by atoms with van der Waals surface area (Å²) in [7, 11) is 0. The summed E-state index contributed by atoms with van der Waals surface area (Å²) >= 11 is 6.01. The predicted molar refractivity (Wildman–Crippen MR) is 55.8 cm³/mol. The van der Waals surface area contributed by atoms with Crippen LogP contribution in [-0.4, -0.2) is 18.4 Å². The minimum absolute atomic E-state index is 0.134. The van der Waals surface area contributed by atoms with Crippen LogP contribution in [0.25, 0.3) is 0 Å². The maximum absolute atomic E-state index is 9.62. The Balaban J connectivity index is 2.40. The van der Waals surface area contributed by atoms with Gasteiger partial charge in [0.15, 0.2) is 6.79 Å². The highest BCUT2D eigenvalue weighted by molar-refractivity contribution is 6.31. The van der Waals surface area contributed by atoms with Crippen LogP contribution in [0.2, 0.25) is 5.02 Å². The normalized spacial score (nSPS) is 16.7. The third-order valence-electron chi connectivity index (χ3n) is 2.32. The van der Waals surface area contributed by atoms with Gasteiger partial charge < -0.3 is 20.3 Å². The molecule has 0 fully saturated rings. The third kappa shape index (κ3) is 2.08. The van der Waals surface area contributed by atoms with Crippen LogP contribution in [0.1, 0.15) is 17.2 Å². The van der Waals surface area contributed by atoms with Crippen molar-refractivity contribution in [1.82, 2.24) is 0 Å².